The average Bonchev–Trinajstić information content (AvgIpc) is 2.14. The monoisotopic (exact) mass is 262 g/mol. The lowest BCUT2D eigenvalue weighted by atomic mass is 10.2. The van der Waals surface area contributed by atoms with E-state index in [2.05, 4.69) is 0 Å². The van der Waals surface area contributed by atoms with Crippen molar-refractivity contribution in [3.8, 4) is 0 Å². The topological polar surface area (TPSA) is 83.6 Å². The van der Waals surface area contributed by atoms with Gasteiger partial charge >= 0.3 is 0 Å². The molecule has 0 amide bonds. The highest BCUT2D eigenvalue weighted by Crippen LogP contribution is 2.33. The van der Waals surface area contributed by atoms with Gasteiger partial charge in [0.15, 0.2) is 0 Å². The number of hydrogen-bond acceptors (Lipinski definition) is 5. The summed E-state index contributed by atoms with van der Waals surface area (Å²) in [5.74, 6) is 0. The molecule has 1 aromatic rings. The summed E-state index contributed by atoms with van der Waals surface area (Å²) in [7, 11) is -0.694. The molecule has 0 fully saturated rings. The fourth-order valence-electron chi connectivity index (χ4n) is 1.30. The van der Waals surface area contributed by atoms with Crippen LogP contribution in [0.15, 0.2) is 21.9 Å². The SMILES string of the molecule is CSc1cc(N)c(S(=O)(=O)O)cc1N(C)C. The maximum Gasteiger partial charge on any atom is 0.296 e. The van der Waals surface area contributed by atoms with E-state index in [-0.39, 0.29) is 10.6 Å². The van der Waals surface area contributed by atoms with Crippen molar-refractivity contribution in [3.05, 3.63) is 12.1 Å². The van der Waals surface area contributed by atoms with Crippen LogP contribution in [0.5, 0.6) is 0 Å². The van der Waals surface area contributed by atoms with E-state index in [1.54, 1.807) is 25.1 Å². The van der Waals surface area contributed by atoms with Gasteiger partial charge in [-0.15, -0.1) is 11.8 Å². The van der Waals surface area contributed by atoms with Crippen LogP contribution in [0.1, 0.15) is 0 Å². The van der Waals surface area contributed by atoms with Crippen molar-refractivity contribution < 1.29 is 13.0 Å². The highest BCUT2D eigenvalue weighted by Gasteiger charge is 2.17. The molecule has 7 heteroatoms. The quantitative estimate of drug-likeness (QED) is 0.485. The number of thioether (sulfide) groups is 1. The van der Waals surface area contributed by atoms with E-state index in [0.29, 0.717) is 5.69 Å². The van der Waals surface area contributed by atoms with Crippen LogP contribution < -0.4 is 10.6 Å². The molecular weight excluding hydrogens is 248 g/mol. The van der Waals surface area contributed by atoms with Crippen LogP contribution in [0.25, 0.3) is 0 Å². The number of nitrogens with two attached hydrogens (primary N) is 1. The second-order valence-electron chi connectivity index (χ2n) is 3.43. The summed E-state index contributed by atoms with van der Waals surface area (Å²) in [6.07, 6.45) is 1.87. The van der Waals surface area contributed by atoms with Gasteiger partial charge in [0.2, 0.25) is 0 Å². The van der Waals surface area contributed by atoms with Gasteiger partial charge in [-0.25, -0.2) is 0 Å². The van der Waals surface area contributed by atoms with Crippen molar-refractivity contribution in [2.24, 2.45) is 0 Å². The smallest absolute Gasteiger partial charge is 0.296 e. The Bertz CT molecular complexity index is 498. The third-order valence-corrected chi connectivity index (χ3v) is 3.75. The molecule has 0 saturated carbocycles. The van der Waals surface area contributed by atoms with Gasteiger partial charge < -0.3 is 10.6 Å². The maximum absolute atomic E-state index is 11.1. The minimum atomic E-state index is -4.28. The molecule has 3 N–H and O–H groups in total. The first-order valence-corrected chi connectivity index (χ1v) is 7.06. The van der Waals surface area contributed by atoms with E-state index in [9.17, 15) is 8.42 Å². The van der Waals surface area contributed by atoms with E-state index in [1.165, 1.54) is 17.8 Å². The minimum Gasteiger partial charge on any atom is -0.398 e. The Morgan fingerprint density at radius 2 is 1.94 bits per heavy atom. The Morgan fingerprint density at radius 1 is 1.38 bits per heavy atom. The molecule has 16 heavy (non-hydrogen) atoms. The molecule has 90 valence electrons. The standard InChI is InChI=1S/C9H14N2O3S2/c1-11(2)7-5-9(16(12,13)14)6(10)4-8(7)15-3/h4-5H,10H2,1-3H3,(H,12,13,14). The molecule has 0 aliphatic heterocycles. The zero-order valence-electron chi connectivity index (χ0n) is 9.26. The van der Waals surface area contributed by atoms with Gasteiger partial charge in [0, 0.05) is 19.0 Å². The van der Waals surface area contributed by atoms with Crippen LogP contribution >= 0.6 is 11.8 Å². The normalized spacial score (nSPS) is 11.5. The van der Waals surface area contributed by atoms with Crippen LogP contribution in [0.2, 0.25) is 0 Å². The Hall–Kier alpha value is -0.920. The van der Waals surface area contributed by atoms with Crippen molar-refractivity contribution >= 4 is 33.3 Å². The number of nitrogen functional groups attached to an aromatic ring is 1. The summed E-state index contributed by atoms with van der Waals surface area (Å²) in [4.78, 5) is 2.36. The van der Waals surface area contributed by atoms with E-state index >= 15 is 0 Å². The van der Waals surface area contributed by atoms with E-state index in [1.807, 2.05) is 6.26 Å². The Kier molecular flexibility index (Phi) is 3.72. The lowest BCUT2D eigenvalue weighted by molar-refractivity contribution is 0.483. The van der Waals surface area contributed by atoms with E-state index in [4.69, 9.17) is 10.3 Å². The minimum absolute atomic E-state index is 0.0532. The maximum atomic E-state index is 11.1. The molecule has 0 aromatic heterocycles. The predicted octanol–water partition coefficient (Wildman–Crippen LogP) is 1.30. The molecule has 0 radical (unpaired) electrons. The first-order chi connectivity index (χ1) is 7.27. The zero-order chi connectivity index (χ0) is 12.5. The summed E-state index contributed by atoms with van der Waals surface area (Å²) in [6.45, 7) is 0. The van der Waals surface area contributed by atoms with Gasteiger partial charge in [-0.2, -0.15) is 8.42 Å². The summed E-state index contributed by atoms with van der Waals surface area (Å²) >= 11 is 1.46. The molecular formula is C9H14N2O3S2. The van der Waals surface area contributed by atoms with Crippen LogP contribution in [0.4, 0.5) is 11.4 Å². The highest BCUT2D eigenvalue weighted by atomic mass is 32.2. The molecule has 5 nitrogen and oxygen atoms in total. The van der Waals surface area contributed by atoms with E-state index < -0.39 is 10.1 Å². The van der Waals surface area contributed by atoms with Gasteiger partial charge in [-0.3, -0.25) is 4.55 Å². The van der Waals surface area contributed by atoms with Crippen molar-refractivity contribution in [1.29, 1.82) is 0 Å². The molecule has 0 aliphatic rings. The molecule has 0 spiro atoms. The highest BCUT2D eigenvalue weighted by molar-refractivity contribution is 7.98. The molecule has 1 aromatic carbocycles. The first-order valence-electron chi connectivity index (χ1n) is 4.39. The van der Waals surface area contributed by atoms with Crippen LogP contribution in [0.3, 0.4) is 0 Å². The second kappa shape index (κ2) is 4.52. The van der Waals surface area contributed by atoms with Crippen LogP contribution in [-0.4, -0.2) is 33.3 Å². The van der Waals surface area contributed by atoms with Crippen LogP contribution in [0, 0.1) is 0 Å². The summed E-state index contributed by atoms with van der Waals surface area (Å²) in [5.41, 5.74) is 6.34. The molecule has 0 heterocycles. The fraction of sp³-hybridized carbons (Fsp3) is 0.333. The van der Waals surface area contributed by atoms with Crippen molar-refractivity contribution in [1.82, 2.24) is 0 Å². The van der Waals surface area contributed by atoms with Gasteiger partial charge in [0.25, 0.3) is 10.1 Å². The Balaban J connectivity index is 3.52. The molecule has 0 aliphatic carbocycles. The lowest BCUT2D eigenvalue weighted by Gasteiger charge is -2.18. The second-order valence-corrected chi connectivity index (χ2v) is 5.67. The van der Waals surface area contributed by atoms with Crippen LogP contribution in [-0.2, 0) is 10.1 Å². The number of nitrogens with zero attached hydrogens (tertiary/aromatic N) is 1. The van der Waals surface area contributed by atoms with Gasteiger partial charge in [-0.05, 0) is 18.4 Å². The van der Waals surface area contributed by atoms with Gasteiger partial charge in [0.1, 0.15) is 4.90 Å². The summed E-state index contributed by atoms with van der Waals surface area (Å²) < 4.78 is 31.2. The van der Waals surface area contributed by atoms with Gasteiger partial charge in [0.05, 0.1) is 11.4 Å². The number of rotatable bonds is 3. The molecule has 0 unspecified atom stereocenters. The molecule has 0 saturated heterocycles. The average molecular weight is 262 g/mol. The van der Waals surface area contributed by atoms with Crippen molar-refractivity contribution in [2.45, 2.75) is 9.79 Å². The number of hydrogen-bond donors (Lipinski definition) is 2. The number of benzene rings is 1. The fourth-order valence-corrected chi connectivity index (χ4v) is 2.61. The molecule has 0 bridgehead atoms. The van der Waals surface area contributed by atoms with E-state index in [0.717, 1.165) is 4.90 Å². The largest absolute Gasteiger partial charge is 0.398 e. The third-order valence-electron chi connectivity index (χ3n) is 2.07. The molecule has 0 atom stereocenters. The predicted molar refractivity (Wildman–Crippen MR) is 66.8 cm³/mol. The Labute approximate surface area is 99.4 Å². The van der Waals surface area contributed by atoms with Crippen molar-refractivity contribution in [3.63, 3.8) is 0 Å². The van der Waals surface area contributed by atoms with Gasteiger partial charge in [-0.1, -0.05) is 0 Å². The lowest BCUT2D eigenvalue weighted by Crippen LogP contribution is -2.12. The first kappa shape index (κ1) is 13.1. The zero-order valence-corrected chi connectivity index (χ0v) is 10.9. The summed E-state index contributed by atoms with van der Waals surface area (Å²) in [6, 6.07) is 2.92. The Morgan fingerprint density at radius 3 is 2.31 bits per heavy atom. The third kappa shape index (κ3) is 2.60. The summed E-state index contributed by atoms with van der Waals surface area (Å²) in [5, 5.41) is 0. The number of anilines is 2. The molecule has 1 rings (SSSR count). The van der Waals surface area contributed by atoms with Crippen molar-refractivity contribution in [2.75, 3.05) is 31.0 Å².